The van der Waals surface area contributed by atoms with Crippen LogP contribution in [0.2, 0.25) is 0 Å². The smallest absolute Gasteiger partial charge is 0.0366 e. The number of hydrogen-bond acceptors (Lipinski definition) is 2. The minimum atomic E-state index is 0.956. The van der Waals surface area contributed by atoms with E-state index < -0.39 is 0 Å². The highest BCUT2D eigenvalue weighted by atomic mass is 15.1. The Balaban J connectivity index is 1.72. The molecule has 2 nitrogen and oxygen atoms in total. The van der Waals surface area contributed by atoms with Gasteiger partial charge in [0.2, 0.25) is 0 Å². The van der Waals surface area contributed by atoms with Crippen molar-refractivity contribution in [2.24, 2.45) is 5.92 Å². The third kappa shape index (κ3) is 4.02. The first-order chi connectivity index (χ1) is 8.75. The minimum absolute atomic E-state index is 0.956. The van der Waals surface area contributed by atoms with Crippen LogP contribution < -0.4 is 10.2 Å². The summed E-state index contributed by atoms with van der Waals surface area (Å²) in [5, 5.41) is 3.44. The van der Waals surface area contributed by atoms with Gasteiger partial charge in [-0.15, -0.1) is 0 Å². The number of nitrogens with one attached hydrogen (secondary N) is 1. The van der Waals surface area contributed by atoms with Gasteiger partial charge >= 0.3 is 0 Å². The molecule has 0 amide bonds. The normalized spacial score (nSPS) is 16.8. The van der Waals surface area contributed by atoms with E-state index in [2.05, 4.69) is 48.5 Å². The second kappa shape index (κ2) is 6.79. The zero-order valence-electron chi connectivity index (χ0n) is 11.8. The summed E-state index contributed by atoms with van der Waals surface area (Å²) in [5.41, 5.74) is 2.69. The van der Waals surface area contributed by atoms with Crippen molar-refractivity contribution in [3.05, 3.63) is 29.8 Å². The van der Waals surface area contributed by atoms with E-state index >= 15 is 0 Å². The quantitative estimate of drug-likeness (QED) is 0.858. The van der Waals surface area contributed by atoms with Crippen LogP contribution in [0.15, 0.2) is 24.3 Å². The molecule has 1 aromatic carbocycles. The molecule has 0 aliphatic carbocycles. The first-order valence-corrected chi connectivity index (χ1v) is 7.24. The van der Waals surface area contributed by atoms with Crippen LogP contribution in [-0.4, -0.2) is 26.7 Å². The zero-order valence-corrected chi connectivity index (χ0v) is 11.8. The predicted octanol–water partition coefficient (Wildman–Crippen LogP) is 3.21. The van der Waals surface area contributed by atoms with E-state index in [9.17, 15) is 0 Å². The number of hydrogen-bond donors (Lipinski definition) is 1. The van der Waals surface area contributed by atoms with Crippen LogP contribution in [0.3, 0.4) is 0 Å². The molecule has 100 valence electrons. The van der Waals surface area contributed by atoms with E-state index in [-0.39, 0.29) is 0 Å². The van der Waals surface area contributed by atoms with Crippen LogP contribution in [0.5, 0.6) is 0 Å². The lowest BCUT2D eigenvalue weighted by Gasteiger charge is -2.24. The van der Waals surface area contributed by atoms with Crippen molar-refractivity contribution in [3.8, 4) is 0 Å². The van der Waals surface area contributed by atoms with Gasteiger partial charge in [-0.05, 0) is 69.3 Å². The molecule has 1 aliphatic heterocycles. The molecule has 2 rings (SSSR count). The zero-order chi connectivity index (χ0) is 12.8. The van der Waals surface area contributed by atoms with Crippen LogP contribution >= 0.6 is 0 Å². The van der Waals surface area contributed by atoms with Crippen molar-refractivity contribution in [2.45, 2.75) is 32.6 Å². The van der Waals surface area contributed by atoms with Gasteiger partial charge in [0.05, 0.1) is 0 Å². The lowest BCUT2D eigenvalue weighted by atomic mass is 9.93. The Morgan fingerprint density at radius 2 is 2.06 bits per heavy atom. The summed E-state index contributed by atoms with van der Waals surface area (Å²) in [6, 6.07) is 8.78. The van der Waals surface area contributed by atoms with Gasteiger partial charge in [-0.1, -0.05) is 12.1 Å². The summed E-state index contributed by atoms with van der Waals surface area (Å²) in [6.07, 6.45) is 5.44. The molecule has 1 heterocycles. The Bertz CT molecular complexity index is 356. The lowest BCUT2D eigenvalue weighted by Crippen LogP contribution is -2.28. The molecule has 1 fully saturated rings. The number of rotatable bonds is 5. The van der Waals surface area contributed by atoms with E-state index in [1.165, 1.54) is 56.6 Å². The summed E-state index contributed by atoms with van der Waals surface area (Å²) in [5.74, 6) is 0.956. The fourth-order valence-electron chi connectivity index (χ4n) is 2.78. The van der Waals surface area contributed by atoms with Crippen molar-refractivity contribution >= 4 is 5.69 Å². The Labute approximate surface area is 111 Å². The second-order valence-corrected chi connectivity index (χ2v) is 5.60. The maximum absolute atomic E-state index is 3.44. The van der Waals surface area contributed by atoms with Gasteiger partial charge in [-0.2, -0.15) is 0 Å². The van der Waals surface area contributed by atoms with Gasteiger partial charge in [0.1, 0.15) is 0 Å². The topological polar surface area (TPSA) is 15.3 Å². The Morgan fingerprint density at radius 3 is 2.78 bits per heavy atom. The maximum atomic E-state index is 3.44. The highest BCUT2D eigenvalue weighted by Gasteiger charge is 2.12. The third-order valence-corrected chi connectivity index (χ3v) is 4.01. The molecule has 0 radical (unpaired) electrons. The van der Waals surface area contributed by atoms with Gasteiger partial charge in [0, 0.05) is 19.3 Å². The average Bonchev–Trinajstić information content (AvgIpc) is 2.40. The molecule has 18 heavy (non-hydrogen) atoms. The summed E-state index contributed by atoms with van der Waals surface area (Å²) in [4.78, 5) is 2.38. The molecule has 0 bridgehead atoms. The van der Waals surface area contributed by atoms with Crippen LogP contribution in [0.4, 0.5) is 5.69 Å². The summed E-state index contributed by atoms with van der Waals surface area (Å²) in [7, 11) is 2.21. The van der Waals surface area contributed by atoms with Crippen LogP contribution in [0, 0.1) is 12.8 Å². The number of benzene rings is 1. The molecule has 1 saturated heterocycles. The summed E-state index contributed by atoms with van der Waals surface area (Å²) >= 11 is 0. The molecule has 0 unspecified atom stereocenters. The molecule has 0 aromatic heterocycles. The Kier molecular flexibility index (Phi) is 5.06. The van der Waals surface area contributed by atoms with Crippen molar-refractivity contribution in [1.29, 1.82) is 0 Å². The van der Waals surface area contributed by atoms with E-state index in [0.717, 1.165) is 5.92 Å². The Morgan fingerprint density at radius 1 is 1.28 bits per heavy atom. The largest absolute Gasteiger partial charge is 0.375 e. The Hall–Kier alpha value is -1.02. The summed E-state index contributed by atoms with van der Waals surface area (Å²) in [6.45, 7) is 5.77. The SMILES string of the molecule is Cc1cccc(N(C)CCCC2CCNCC2)c1. The van der Waals surface area contributed by atoms with Crippen molar-refractivity contribution in [1.82, 2.24) is 5.32 Å². The highest BCUT2D eigenvalue weighted by molar-refractivity contribution is 5.47. The van der Waals surface area contributed by atoms with Crippen LogP contribution in [0.1, 0.15) is 31.2 Å². The highest BCUT2D eigenvalue weighted by Crippen LogP contribution is 2.19. The fourth-order valence-corrected chi connectivity index (χ4v) is 2.78. The monoisotopic (exact) mass is 246 g/mol. The van der Waals surface area contributed by atoms with E-state index in [1.807, 2.05) is 0 Å². The van der Waals surface area contributed by atoms with E-state index in [0.29, 0.717) is 0 Å². The standard InChI is InChI=1S/C16H26N2/c1-14-5-3-7-16(13-14)18(2)12-4-6-15-8-10-17-11-9-15/h3,5,7,13,15,17H,4,6,8-12H2,1-2H3. The fraction of sp³-hybridized carbons (Fsp3) is 0.625. The third-order valence-electron chi connectivity index (χ3n) is 4.01. The van der Waals surface area contributed by atoms with Crippen molar-refractivity contribution < 1.29 is 0 Å². The molecule has 0 spiro atoms. The number of anilines is 1. The van der Waals surface area contributed by atoms with E-state index in [1.54, 1.807) is 0 Å². The molecule has 1 aromatic rings. The van der Waals surface area contributed by atoms with Gasteiger partial charge in [-0.3, -0.25) is 0 Å². The molecule has 0 saturated carbocycles. The lowest BCUT2D eigenvalue weighted by molar-refractivity contribution is 0.348. The van der Waals surface area contributed by atoms with Crippen LogP contribution in [-0.2, 0) is 0 Å². The number of nitrogens with zero attached hydrogens (tertiary/aromatic N) is 1. The first kappa shape index (κ1) is 13.4. The molecular formula is C16H26N2. The second-order valence-electron chi connectivity index (χ2n) is 5.60. The van der Waals surface area contributed by atoms with Gasteiger partial charge < -0.3 is 10.2 Å². The van der Waals surface area contributed by atoms with Crippen molar-refractivity contribution in [3.63, 3.8) is 0 Å². The molecule has 2 heteroatoms. The molecular weight excluding hydrogens is 220 g/mol. The molecule has 0 atom stereocenters. The van der Waals surface area contributed by atoms with Gasteiger partial charge in [0.15, 0.2) is 0 Å². The predicted molar refractivity (Wildman–Crippen MR) is 79.3 cm³/mol. The van der Waals surface area contributed by atoms with Gasteiger partial charge in [-0.25, -0.2) is 0 Å². The van der Waals surface area contributed by atoms with E-state index in [4.69, 9.17) is 0 Å². The minimum Gasteiger partial charge on any atom is -0.375 e. The number of piperidine rings is 1. The summed E-state index contributed by atoms with van der Waals surface area (Å²) < 4.78 is 0. The van der Waals surface area contributed by atoms with Gasteiger partial charge in [0.25, 0.3) is 0 Å². The molecule has 1 aliphatic rings. The molecule has 1 N–H and O–H groups in total. The van der Waals surface area contributed by atoms with Crippen LogP contribution in [0.25, 0.3) is 0 Å². The maximum Gasteiger partial charge on any atom is 0.0366 e. The first-order valence-electron chi connectivity index (χ1n) is 7.24. The number of aryl methyl sites for hydroxylation is 1. The van der Waals surface area contributed by atoms with Crippen molar-refractivity contribution in [2.75, 3.05) is 31.6 Å². The average molecular weight is 246 g/mol.